The zero-order valence-corrected chi connectivity index (χ0v) is 24.8. The third kappa shape index (κ3) is 14.3. The molecule has 0 bridgehead atoms. The van der Waals surface area contributed by atoms with Crippen molar-refractivity contribution in [2.75, 3.05) is 6.54 Å². The van der Waals surface area contributed by atoms with Gasteiger partial charge in [0.2, 0.25) is 0 Å². The Bertz CT molecular complexity index is 627. The molecule has 3 N–H and O–H groups in total. The normalized spacial score (nSPS) is 15.7. The van der Waals surface area contributed by atoms with Gasteiger partial charge in [0.15, 0.2) is 18.1 Å². The molecule has 0 amide bonds. The molecule has 0 radical (unpaired) electrons. The van der Waals surface area contributed by atoms with Gasteiger partial charge in [0.05, 0.1) is 6.54 Å². The van der Waals surface area contributed by atoms with E-state index in [1.165, 1.54) is 117 Å². The van der Waals surface area contributed by atoms with E-state index in [0.29, 0.717) is 6.42 Å². The molecule has 0 saturated heterocycles. The topological polar surface area (TPSA) is 112 Å². The molecule has 0 aromatic heterocycles. The SMILES string of the molecule is CCCCCCCCCCCCCCCCCC/C=C/CC[N+](C(C)C(=O)O)(C(C)C(=O)O)C(C)C(=O)O. The second kappa shape index (κ2) is 22.0. The van der Waals surface area contributed by atoms with Crippen LogP contribution in [0.4, 0.5) is 0 Å². The van der Waals surface area contributed by atoms with Gasteiger partial charge in [-0.15, -0.1) is 0 Å². The number of rotatable bonds is 26. The van der Waals surface area contributed by atoms with E-state index in [1.54, 1.807) is 0 Å². The number of aliphatic carboxylic acids is 3. The van der Waals surface area contributed by atoms with E-state index < -0.39 is 40.5 Å². The zero-order valence-electron chi connectivity index (χ0n) is 24.8. The van der Waals surface area contributed by atoms with E-state index in [4.69, 9.17) is 0 Å². The molecule has 3 unspecified atom stereocenters. The molecule has 0 fully saturated rings. The van der Waals surface area contributed by atoms with Gasteiger partial charge in [-0.25, -0.2) is 14.4 Å². The molecule has 7 heteroatoms. The van der Waals surface area contributed by atoms with Crippen molar-refractivity contribution < 1.29 is 34.2 Å². The lowest BCUT2D eigenvalue weighted by atomic mass is 10.0. The van der Waals surface area contributed by atoms with Crippen LogP contribution in [-0.2, 0) is 14.4 Å². The Morgan fingerprint density at radius 3 is 1.13 bits per heavy atom. The van der Waals surface area contributed by atoms with Gasteiger partial charge in [0.1, 0.15) is 0 Å². The average molecular weight is 541 g/mol. The largest absolute Gasteiger partial charge is 0.477 e. The van der Waals surface area contributed by atoms with E-state index in [2.05, 4.69) is 13.0 Å². The van der Waals surface area contributed by atoms with Crippen molar-refractivity contribution >= 4 is 17.9 Å². The van der Waals surface area contributed by atoms with Crippen molar-refractivity contribution in [1.29, 1.82) is 0 Å². The Morgan fingerprint density at radius 1 is 0.526 bits per heavy atom. The number of hydrogen-bond acceptors (Lipinski definition) is 3. The highest BCUT2D eigenvalue weighted by molar-refractivity contribution is 5.77. The maximum atomic E-state index is 11.8. The number of carboxylic acids is 3. The van der Waals surface area contributed by atoms with Crippen LogP contribution in [0, 0.1) is 0 Å². The number of hydrogen-bond donors (Lipinski definition) is 3. The van der Waals surface area contributed by atoms with Crippen molar-refractivity contribution in [2.24, 2.45) is 0 Å². The summed E-state index contributed by atoms with van der Waals surface area (Å²) in [5.41, 5.74) is 0. The van der Waals surface area contributed by atoms with Gasteiger partial charge in [0, 0.05) is 6.42 Å². The van der Waals surface area contributed by atoms with Crippen LogP contribution in [0.3, 0.4) is 0 Å². The zero-order chi connectivity index (χ0) is 28.8. The van der Waals surface area contributed by atoms with Crippen molar-refractivity contribution in [3.8, 4) is 0 Å². The molecule has 222 valence electrons. The molecule has 0 heterocycles. The minimum atomic E-state index is -1.19. The van der Waals surface area contributed by atoms with Gasteiger partial charge in [-0.2, -0.15) is 0 Å². The third-order valence-corrected chi connectivity index (χ3v) is 8.31. The van der Waals surface area contributed by atoms with Gasteiger partial charge in [-0.1, -0.05) is 115 Å². The van der Waals surface area contributed by atoms with Crippen LogP contribution in [0.15, 0.2) is 12.2 Å². The minimum absolute atomic E-state index is 0.143. The molecule has 0 saturated carbocycles. The fourth-order valence-corrected chi connectivity index (χ4v) is 5.55. The smallest absolute Gasteiger partial charge is 0.362 e. The van der Waals surface area contributed by atoms with Crippen LogP contribution >= 0.6 is 0 Å². The predicted octanol–water partition coefficient (Wildman–Crippen LogP) is 7.82. The van der Waals surface area contributed by atoms with Crippen LogP contribution in [0.25, 0.3) is 0 Å². The number of nitrogens with zero attached hydrogens (tertiary/aromatic N) is 1. The fraction of sp³-hybridized carbons (Fsp3) is 0.839. The molecule has 7 nitrogen and oxygen atoms in total. The Hall–Kier alpha value is -1.89. The van der Waals surface area contributed by atoms with Gasteiger partial charge >= 0.3 is 17.9 Å². The van der Waals surface area contributed by atoms with Gasteiger partial charge < -0.3 is 15.3 Å². The molecule has 3 atom stereocenters. The van der Waals surface area contributed by atoms with Gasteiger partial charge in [0.25, 0.3) is 0 Å². The van der Waals surface area contributed by atoms with Crippen molar-refractivity contribution in [1.82, 2.24) is 0 Å². The second-order valence-corrected chi connectivity index (χ2v) is 11.1. The summed E-state index contributed by atoms with van der Waals surface area (Å²) >= 11 is 0. The number of carbonyl (C=O) groups is 3. The van der Waals surface area contributed by atoms with Gasteiger partial charge in [-0.3, -0.25) is 4.48 Å². The summed E-state index contributed by atoms with van der Waals surface area (Å²) in [5, 5.41) is 28.9. The van der Waals surface area contributed by atoms with E-state index in [-0.39, 0.29) is 6.54 Å². The fourth-order valence-electron chi connectivity index (χ4n) is 5.55. The number of unbranched alkanes of at least 4 members (excludes halogenated alkanes) is 16. The monoisotopic (exact) mass is 540 g/mol. The van der Waals surface area contributed by atoms with Crippen LogP contribution in [0.5, 0.6) is 0 Å². The quantitative estimate of drug-likeness (QED) is 0.0586. The molecule has 0 aromatic carbocycles. The van der Waals surface area contributed by atoms with E-state index in [0.717, 1.165) is 12.8 Å². The Balaban J connectivity index is 4.14. The standard InChI is InChI=1S/C31H57NO6/c1-5-6-7-8-9-10-11-12-13-14-15-16-17-18-19-20-21-22-23-24-25-32(26(2)29(33)34,27(3)30(35)36)28(4)31(37)38/h22-23,26-28H,5-21,24-25H2,1-4H3,(H2-,33,34,35,36,37,38)/p+1/b23-22+. The number of quaternary nitrogens is 1. The van der Waals surface area contributed by atoms with Crippen molar-refractivity contribution in [3.63, 3.8) is 0 Å². The molecule has 0 aliphatic heterocycles. The first-order valence-electron chi connectivity index (χ1n) is 15.3. The molecule has 0 aliphatic rings. The first kappa shape index (κ1) is 36.1. The summed E-state index contributed by atoms with van der Waals surface area (Å²) in [6, 6.07) is -3.46. The first-order valence-corrected chi connectivity index (χ1v) is 15.3. The molecule has 0 aliphatic carbocycles. The summed E-state index contributed by atoms with van der Waals surface area (Å²) in [7, 11) is 0. The van der Waals surface area contributed by atoms with E-state index in [9.17, 15) is 29.7 Å². The molecule has 0 aromatic rings. The van der Waals surface area contributed by atoms with E-state index >= 15 is 0 Å². The maximum Gasteiger partial charge on any atom is 0.362 e. The summed E-state index contributed by atoms with van der Waals surface area (Å²) < 4.78 is -0.524. The Labute approximate surface area is 232 Å². The van der Waals surface area contributed by atoms with Crippen LogP contribution in [0.2, 0.25) is 0 Å². The summed E-state index contributed by atoms with van der Waals surface area (Å²) in [4.78, 5) is 35.4. The summed E-state index contributed by atoms with van der Waals surface area (Å²) in [5.74, 6) is -3.57. The lowest BCUT2D eigenvalue weighted by Gasteiger charge is -2.47. The van der Waals surface area contributed by atoms with Crippen molar-refractivity contribution in [2.45, 2.75) is 161 Å². The summed E-state index contributed by atoms with van der Waals surface area (Å²) in [6.45, 7) is 6.62. The van der Waals surface area contributed by atoms with Crippen LogP contribution in [0.1, 0.15) is 143 Å². The highest BCUT2D eigenvalue weighted by Gasteiger charge is 2.52. The van der Waals surface area contributed by atoms with Crippen LogP contribution < -0.4 is 0 Å². The number of carboxylic acid groups (broad SMARTS) is 3. The van der Waals surface area contributed by atoms with Gasteiger partial charge in [-0.05, 0) is 33.6 Å². The molecular formula is C31H58NO6+. The molecular weight excluding hydrogens is 482 g/mol. The predicted molar refractivity (Wildman–Crippen MR) is 154 cm³/mol. The lowest BCUT2D eigenvalue weighted by molar-refractivity contribution is -0.967. The Morgan fingerprint density at radius 2 is 0.816 bits per heavy atom. The lowest BCUT2D eigenvalue weighted by Crippen LogP contribution is -2.70. The molecule has 0 spiro atoms. The second-order valence-electron chi connectivity index (χ2n) is 11.1. The highest BCUT2D eigenvalue weighted by atomic mass is 16.4. The first-order chi connectivity index (χ1) is 18.1. The van der Waals surface area contributed by atoms with E-state index in [1.807, 2.05) is 6.08 Å². The Kier molecular flexibility index (Phi) is 20.9. The number of allylic oxidation sites excluding steroid dienone is 1. The molecule has 0 rings (SSSR count). The average Bonchev–Trinajstić information content (AvgIpc) is 2.88. The highest BCUT2D eigenvalue weighted by Crippen LogP contribution is 2.27. The third-order valence-electron chi connectivity index (χ3n) is 8.31. The molecule has 38 heavy (non-hydrogen) atoms. The minimum Gasteiger partial charge on any atom is -0.477 e. The van der Waals surface area contributed by atoms with Crippen LogP contribution in [-0.4, -0.2) is 62.4 Å². The summed E-state index contributed by atoms with van der Waals surface area (Å²) in [6.07, 6.45) is 26.7. The van der Waals surface area contributed by atoms with Crippen molar-refractivity contribution in [3.05, 3.63) is 12.2 Å². The maximum absolute atomic E-state index is 11.8.